The quantitative estimate of drug-likeness (QED) is 0.406. The Labute approximate surface area is 103 Å². The molecule has 1 unspecified atom stereocenters. The van der Waals surface area contributed by atoms with Gasteiger partial charge in [-0.1, -0.05) is 13.8 Å². The molecule has 0 spiro atoms. The number of thiol groups is 1. The van der Waals surface area contributed by atoms with Gasteiger partial charge in [-0.25, -0.2) is 4.79 Å². The van der Waals surface area contributed by atoms with E-state index in [-0.39, 0.29) is 11.7 Å². The Kier molecular flexibility index (Phi) is 8.07. The fourth-order valence-electron chi connectivity index (χ4n) is 1.19. The predicted molar refractivity (Wildman–Crippen MR) is 66.5 cm³/mol. The van der Waals surface area contributed by atoms with Crippen LogP contribution in [0.4, 0.5) is 0 Å². The molecule has 0 fully saturated rings. The maximum absolute atomic E-state index is 11.5. The van der Waals surface area contributed by atoms with E-state index in [2.05, 4.69) is 31.8 Å². The van der Waals surface area contributed by atoms with Crippen molar-refractivity contribution in [1.29, 1.82) is 0 Å². The van der Waals surface area contributed by atoms with Crippen molar-refractivity contribution in [3.8, 4) is 0 Å². The van der Waals surface area contributed by atoms with E-state index in [4.69, 9.17) is 4.74 Å². The fourth-order valence-corrected chi connectivity index (χ4v) is 1.43. The average molecular weight is 247 g/mol. The molecule has 0 aliphatic heterocycles. The highest BCUT2D eigenvalue weighted by molar-refractivity contribution is 7.80. The van der Waals surface area contributed by atoms with Crippen LogP contribution in [0.5, 0.6) is 0 Å². The third-order valence-electron chi connectivity index (χ3n) is 2.01. The zero-order chi connectivity index (χ0) is 12.6. The van der Waals surface area contributed by atoms with Crippen LogP contribution in [0.3, 0.4) is 0 Å². The molecule has 16 heavy (non-hydrogen) atoms. The van der Waals surface area contributed by atoms with Crippen molar-refractivity contribution in [3.63, 3.8) is 0 Å². The fraction of sp³-hybridized carbons (Fsp3) is 0.818. The molecule has 0 aromatic carbocycles. The van der Waals surface area contributed by atoms with Crippen LogP contribution in [0.2, 0.25) is 0 Å². The summed E-state index contributed by atoms with van der Waals surface area (Å²) in [4.78, 5) is 22.3. The topological polar surface area (TPSA) is 55.4 Å². The molecule has 0 aliphatic rings. The highest BCUT2D eigenvalue weighted by Crippen LogP contribution is 2.04. The maximum atomic E-state index is 11.5. The van der Waals surface area contributed by atoms with E-state index in [1.54, 1.807) is 0 Å². The summed E-state index contributed by atoms with van der Waals surface area (Å²) in [5.41, 5.74) is 0. The Morgan fingerprint density at radius 3 is 2.44 bits per heavy atom. The molecule has 0 radical (unpaired) electrons. The smallest absolute Gasteiger partial charge is 0.329 e. The van der Waals surface area contributed by atoms with Gasteiger partial charge in [-0.2, -0.15) is 12.6 Å². The number of hydrogen-bond acceptors (Lipinski definition) is 4. The van der Waals surface area contributed by atoms with Crippen molar-refractivity contribution in [3.05, 3.63) is 0 Å². The molecule has 5 heteroatoms. The molecule has 1 amide bonds. The van der Waals surface area contributed by atoms with E-state index in [1.807, 2.05) is 0 Å². The summed E-state index contributed by atoms with van der Waals surface area (Å²) in [7, 11) is 0. The second-order valence-corrected chi connectivity index (χ2v) is 4.50. The number of hydrogen-bond donors (Lipinski definition) is 2. The lowest BCUT2D eigenvalue weighted by Gasteiger charge is -2.14. The lowest BCUT2D eigenvalue weighted by Crippen LogP contribution is -2.42. The number of carbonyl (C=O) groups excluding carboxylic acids is 2. The molecule has 0 bridgehead atoms. The second kappa shape index (κ2) is 8.44. The molecule has 0 aromatic heterocycles. The highest BCUT2D eigenvalue weighted by atomic mass is 32.1. The Morgan fingerprint density at radius 1 is 1.38 bits per heavy atom. The summed E-state index contributed by atoms with van der Waals surface area (Å²) >= 11 is 3.99. The first-order valence-corrected chi connectivity index (χ1v) is 6.15. The van der Waals surface area contributed by atoms with E-state index in [1.165, 1.54) is 6.92 Å². The normalized spacial score (nSPS) is 12.3. The lowest BCUT2D eigenvalue weighted by molar-refractivity contribution is -0.147. The number of esters is 1. The molecule has 4 nitrogen and oxygen atoms in total. The molecule has 0 aromatic rings. The summed E-state index contributed by atoms with van der Waals surface area (Å²) in [6.45, 7) is 6.01. The molecule has 0 saturated heterocycles. The molecule has 1 N–H and O–H groups in total. The van der Waals surface area contributed by atoms with Crippen LogP contribution < -0.4 is 5.32 Å². The lowest BCUT2D eigenvalue weighted by atomic mass is 10.1. The van der Waals surface area contributed by atoms with Crippen LogP contribution in [-0.2, 0) is 14.3 Å². The number of nitrogens with one attached hydrogen (secondary N) is 1. The summed E-state index contributed by atoms with van der Waals surface area (Å²) in [6.07, 6.45) is 1.88. The van der Waals surface area contributed by atoms with Crippen molar-refractivity contribution in [2.24, 2.45) is 5.92 Å². The zero-order valence-electron chi connectivity index (χ0n) is 10.2. The van der Waals surface area contributed by atoms with E-state index in [0.29, 0.717) is 12.5 Å². The number of amides is 1. The summed E-state index contributed by atoms with van der Waals surface area (Å²) in [6, 6.07) is -0.639. The van der Waals surface area contributed by atoms with Crippen molar-refractivity contribution in [1.82, 2.24) is 5.32 Å². The molecule has 0 heterocycles. The minimum atomic E-state index is -0.639. The molecule has 1 atom stereocenters. The predicted octanol–water partition coefficient (Wildman–Crippen LogP) is 1.40. The van der Waals surface area contributed by atoms with Crippen LogP contribution in [0, 0.1) is 5.92 Å². The Balaban J connectivity index is 3.80. The minimum absolute atomic E-state index is 0.252. The van der Waals surface area contributed by atoms with Crippen molar-refractivity contribution < 1.29 is 14.3 Å². The average Bonchev–Trinajstić information content (AvgIpc) is 2.20. The van der Waals surface area contributed by atoms with E-state index >= 15 is 0 Å². The van der Waals surface area contributed by atoms with Gasteiger partial charge < -0.3 is 10.1 Å². The third kappa shape index (κ3) is 7.56. The summed E-state index contributed by atoms with van der Waals surface area (Å²) in [5, 5.41) is 2.49. The van der Waals surface area contributed by atoms with Crippen LogP contribution in [-0.4, -0.2) is 30.3 Å². The van der Waals surface area contributed by atoms with Crippen molar-refractivity contribution >= 4 is 24.5 Å². The first kappa shape index (κ1) is 15.3. The standard InChI is InChI=1S/C11H21NO3S/c1-8(2)5-4-6-15-11(14)10(7-16)12-9(3)13/h8,10,16H,4-7H2,1-3H3,(H,12,13). The van der Waals surface area contributed by atoms with E-state index in [9.17, 15) is 9.59 Å². The molecule has 0 saturated carbocycles. The Bertz CT molecular complexity index is 231. The molecular weight excluding hydrogens is 226 g/mol. The molecule has 0 aliphatic carbocycles. The third-order valence-corrected chi connectivity index (χ3v) is 2.38. The molecular formula is C11H21NO3S. The number of ether oxygens (including phenoxy) is 1. The van der Waals surface area contributed by atoms with Gasteiger partial charge in [-0.05, 0) is 18.8 Å². The monoisotopic (exact) mass is 247 g/mol. The maximum Gasteiger partial charge on any atom is 0.329 e. The van der Waals surface area contributed by atoms with Crippen LogP contribution in [0.15, 0.2) is 0 Å². The molecule has 94 valence electrons. The van der Waals surface area contributed by atoms with Gasteiger partial charge in [0.2, 0.25) is 5.91 Å². The molecule has 0 rings (SSSR count). The van der Waals surface area contributed by atoms with Gasteiger partial charge >= 0.3 is 5.97 Å². The van der Waals surface area contributed by atoms with Gasteiger partial charge in [-0.3, -0.25) is 4.79 Å². The van der Waals surface area contributed by atoms with E-state index < -0.39 is 12.0 Å². The van der Waals surface area contributed by atoms with Crippen LogP contribution in [0.25, 0.3) is 0 Å². The Hall–Kier alpha value is -0.710. The van der Waals surface area contributed by atoms with Crippen LogP contribution in [0.1, 0.15) is 33.6 Å². The SMILES string of the molecule is CC(=O)NC(CS)C(=O)OCCCC(C)C. The van der Waals surface area contributed by atoms with Gasteiger partial charge in [0, 0.05) is 12.7 Å². The van der Waals surface area contributed by atoms with Gasteiger partial charge in [0.05, 0.1) is 6.61 Å². The first-order valence-electron chi connectivity index (χ1n) is 5.52. The van der Waals surface area contributed by atoms with Gasteiger partial charge in [0.15, 0.2) is 0 Å². The second-order valence-electron chi connectivity index (χ2n) is 4.14. The highest BCUT2D eigenvalue weighted by Gasteiger charge is 2.18. The van der Waals surface area contributed by atoms with Crippen molar-refractivity contribution in [2.45, 2.75) is 39.7 Å². The largest absolute Gasteiger partial charge is 0.464 e. The number of carbonyl (C=O) groups is 2. The van der Waals surface area contributed by atoms with Gasteiger partial charge in [0.1, 0.15) is 6.04 Å². The van der Waals surface area contributed by atoms with E-state index in [0.717, 1.165) is 12.8 Å². The van der Waals surface area contributed by atoms with Crippen molar-refractivity contribution in [2.75, 3.05) is 12.4 Å². The van der Waals surface area contributed by atoms with Gasteiger partial charge in [0.25, 0.3) is 0 Å². The summed E-state index contributed by atoms with van der Waals surface area (Å²) < 4.78 is 5.04. The zero-order valence-corrected chi connectivity index (χ0v) is 11.0. The Morgan fingerprint density at radius 2 is 2.00 bits per heavy atom. The first-order chi connectivity index (χ1) is 7.47. The summed E-state index contributed by atoms with van der Waals surface area (Å²) in [5.74, 6) is 0.199. The number of rotatable bonds is 7. The van der Waals surface area contributed by atoms with Gasteiger partial charge in [-0.15, -0.1) is 0 Å². The minimum Gasteiger partial charge on any atom is -0.464 e. The van der Waals surface area contributed by atoms with Crippen LogP contribution >= 0.6 is 12.6 Å².